The third-order valence-corrected chi connectivity index (χ3v) is 6.61. The minimum Gasteiger partial charge on any atom is -0.507 e. The van der Waals surface area contributed by atoms with Crippen LogP contribution in [0.1, 0.15) is 30.5 Å². The Bertz CT molecular complexity index is 1190. The maximum atomic E-state index is 13.3. The van der Waals surface area contributed by atoms with Crippen LogP contribution >= 0.6 is 0 Å². The van der Waals surface area contributed by atoms with Gasteiger partial charge in [-0.1, -0.05) is 18.7 Å². The van der Waals surface area contributed by atoms with Gasteiger partial charge in [0.1, 0.15) is 18.1 Å². The molecule has 2 aromatic rings. The standard InChI is InChI=1S/C29H34N2O7/c1-3-16-38-22-9-6-20(7-10-22)27(33)25-26(21-8-11-23(32)24(19-21)37-4-2)31(29(35)28(25)34)13-5-12-30-14-17-36-18-15-30/h3,6-11,19,26,32-33H,1,4-5,12-18H2,2H3. The average Bonchev–Trinajstić information content (AvgIpc) is 3.19. The van der Waals surface area contributed by atoms with Gasteiger partial charge in [0.25, 0.3) is 11.7 Å². The van der Waals surface area contributed by atoms with Gasteiger partial charge in [0.2, 0.25) is 0 Å². The van der Waals surface area contributed by atoms with Crippen molar-refractivity contribution in [1.29, 1.82) is 0 Å². The molecule has 4 rings (SSSR count). The maximum absolute atomic E-state index is 13.3. The molecule has 0 aromatic heterocycles. The number of phenols is 1. The van der Waals surface area contributed by atoms with Crippen molar-refractivity contribution < 1.29 is 34.0 Å². The molecule has 1 atom stereocenters. The third kappa shape index (κ3) is 6.00. The number of nitrogens with zero attached hydrogens (tertiary/aromatic N) is 2. The lowest BCUT2D eigenvalue weighted by molar-refractivity contribution is -0.140. The number of rotatable bonds is 11. The Morgan fingerprint density at radius 2 is 1.84 bits per heavy atom. The van der Waals surface area contributed by atoms with E-state index in [1.807, 2.05) is 0 Å². The second kappa shape index (κ2) is 12.6. The van der Waals surface area contributed by atoms with Crippen molar-refractivity contribution in [3.63, 3.8) is 0 Å². The van der Waals surface area contributed by atoms with E-state index in [1.54, 1.807) is 49.4 Å². The third-order valence-electron chi connectivity index (χ3n) is 6.61. The normalized spacial score (nSPS) is 19.5. The van der Waals surface area contributed by atoms with Gasteiger partial charge in [-0.05, 0) is 55.3 Å². The molecule has 1 unspecified atom stereocenters. The Hall–Kier alpha value is -3.82. The molecule has 2 saturated heterocycles. The van der Waals surface area contributed by atoms with E-state index >= 15 is 0 Å². The Morgan fingerprint density at radius 1 is 1.11 bits per heavy atom. The smallest absolute Gasteiger partial charge is 0.295 e. The van der Waals surface area contributed by atoms with Crippen molar-refractivity contribution in [2.75, 3.05) is 52.6 Å². The van der Waals surface area contributed by atoms with Crippen LogP contribution in [0.2, 0.25) is 0 Å². The molecule has 0 aliphatic carbocycles. The number of ketones is 1. The molecule has 2 heterocycles. The van der Waals surface area contributed by atoms with Crippen LogP contribution in [0.5, 0.6) is 17.2 Å². The van der Waals surface area contributed by atoms with Crippen molar-refractivity contribution in [1.82, 2.24) is 9.80 Å². The van der Waals surface area contributed by atoms with Crippen LogP contribution in [0.3, 0.4) is 0 Å². The van der Waals surface area contributed by atoms with Crippen LogP contribution in [0.25, 0.3) is 5.76 Å². The van der Waals surface area contributed by atoms with Crippen LogP contribution in [0.15, 0.2) is 60.7 Å². The first kappa shape index (κ1) is 27.2. The van der Waals surface area contributed by atoms with Crippen LogP contribution in [0.4, 0.5) is 0 Å². The fraction of sp³-hybridized carbons (Fsp3) is 0.379. The summed E-state index contributed by atoms with van der Waals surface area (Å²) in [6, 6.07) is 10.5. The van der Waals surface area contributed by atoms with Gasteiger partial charge in [0, 0.05) is 31.7 Å². The van der Waals surface area contributed by atoms with Gasteiger partial charge >= 0.3 is 0 Å². The fourth-order valence-corrected chi connectivity index (χ4v) is 4.74. The van der Waals surface area contributed by atoms with E-state index < -0.39 is 17.7 Å². The highest BCUT2D eigenvalue weighted by molar-refractivity contribution is 6.46. The van der Waals surface area contributed by atoms with Crippen LogP contribution < -0.4 is 9.47 Å². The first-order chi connectivity index (χ1) is 18.4. The molecular formula is C29H34N2O7. The molecule has 2 aliphatic heterocycles. The van der Waals surface area contributed by atoms with Gasteiger partial charge in [0.15, 0.2) is 11.5 Å². The first-order valence-corrected chi connectivity index (χ1v) is 12.8. The highest BCUT2D eigenvalue weighted by Gasteiger charge is 2.46. The van der Waals surface area contributed by atoms with E-state index in [1.165, 1.54) is 11.0 Å². The molecule has 2 aromatic carbocycles. The van der Waals surface area contributed by atoms with Gasteiger partial charge in [-0.15, -0.1) is 0 Å². The highest BCUT2D eigenvalue weighted by atomic mass is 16.5. The molecule has 1 amide bonds. The molecule has 202 valence electrons. The number of aliphatic hydroxyl groups excluding tert-OH is 1. The highest BCUT2D eigenvalue weighted by Crippen LogP contribution is 2.42. The van der Waals surface area contributed by atoms with Gasteiger partial charge in [-0.2, -0.15) is 0 Å². The predicted octanol–water partition coefficient (Wildman–Crippen LogP) is 3.50. The number of phenolic OH excluding ortho intramolecular Hbond substituents is 1. The zero-order valence-corrected chi connectivity index (χ0v) is 21.6. The van der Waals surface area contributed by atoms with Crippen LogP contribution in [-0.4, -0.2) is 84.3 Å². The van der Waals surface area contributed by atoms with E-state index in [-0.39, 0.29) is 22.8 Å². The fourth-order valence-electron chi connectivity index (χ4n) is 4.74. The van der Waals surface area contributed by atoms with Crippen LogP contribution in [-0.2, 0) is 14.3 Å². The summed E-state index contributed by atoms with van der Waals surface area (Å²) < 4.78 is 16.5. The minimum absolute atomic E-state index is 0.00530. The number of aromatic hydroxyl groups is 1. The number of likely N-dealkylation sites (tertiary alicyclic amines) is 1. The monoisotopic (exact) mass is 522 g/mol. The van der Waals surface area contributed by atoms with Gasteiger partial charge in [0.05, 0.1) is 31.4 Å². The van der Waals surface area contributed by atoms with E-state index in [0.717, 1.165) is 19.6 Å². The summed E-state index contributed by atoms with van der Waals surface area (Å²) in [4.78, 5) is 30.3. The summed E-state index contributed by atoms with van der Waals surface area (Å²) in [5, 5.41) is 21.5. The molecule has 9 nitrogen and oxygen atoms in total. The van der Waals surface area contributed by atoms with E-state index in [0.29, 0.717) is 56.3 Å². The summed E-state index contributed by atoms with van der Waals surface area (Å²) in [6.07, 6.45) is 2.28. The van der Waals surface area contributed by atoms with Crippen molar-refractivity contribution in [2.45, 2.75) is 19.4 Å². The lowest BCUT2D eigenvalue weighted by Gasteiger charge is -2.29. The summed E-state index contributed by atoms with van der Waals surface area (Å²) in [6.45, 7) is 10.2. The van der Waals surface area contributed by atoms with Gasteiger partial charge in [-0.3, -0.25) is 14.5 Å². The molecule has 0 radical (unpaired) electrons. The van der Waals surface area contributed by atoms with Crippen molar-refractivity contribution in [3.8, 4) is 17.2 Å². The van der Waals surface area contributed by atoms with Gasteiger partial charge in [-0.25, -0.2) is 0 Å². The number of aliphatic hydroxyl groups is 1. The minimum atomic E-state index is -0.837. The Kier molecular flexibility index (Phi) is 9.04. The Balaban J connectivity index is 1.69. The number of carbonyl (C=O) groups is 2. The van der Waals surface area contributed by atoms with Crippen molar-refractivity contribution in [2.24, 2.45) is 0 Å². The average molecular weight is 523 g/mol. The summed E-state index contributed by atoms with van der Waals surface area (Å²) in [5.41, 5.74) is 0.939. The number of hydrogen-bond donors (Lipinski definition) is 2. The second-order valence-electron chi connectivity index (χ2n) is 9.08. The topological polar surface area (TPSA) is 109 Å². The Morgan fingerprint density at radius 3 is 2.53 bits per heavy atom. The molecule has 2 aliphatic rings. The summed E-state index contributed by atoms with van der Waals surface area (Å²) >= 11 is 0. The van der Waals surface area contributed by atoms with E-state index in [4.69, 9.17) is 14.2 Å². The SMILES string of the molecule is C=CCOc1ccc(C(O)=C2C(=O)C(=O)N(CCCN3CCOCC3)C2c2ccc(O)c(OCC)c2)cc1. The largest absolute Gasteiger partial charge is 0.507 e. The zero-order valence-electron chi connectivity index (χ0n) is 21.6. The summed E-state index contributed by atoms with van der Waals surface area (Å²) in [7, 11) is 0. The van der Waals surface area contributed by atoms with E-state index in [2.05, 4.69) is 11.5 Å². The number of carbonyl (C=O) groups excluding carboxylic acids is 2. The lowest BCUT2D eigenvalue weighted by atomic mass is 9.95. The molecule has 2 N–H and O–H groups in total. The number of Topliss-reactive ketones (excluding diaryl/α,β-unsaturated/α-hetero) is 1. The first-order valence-electron chi connectivity index (χ1n) is 12.8. The molecule has 9 heteroatoms. The van der Waals surface area contributed by atoms with Crippen molar-refractivity contribution in [3.05, 3.63) is 71.8 Å². The van der Waals surface area contributed by atoms with E-state index in [9.17, 15) is 19.8 Å². The molecule has 0 saturated carbocycles. The number of amides is 1. The zero-order chi connectivity index (χ0) is 27.1. The lowest BCUT2D eigenvalue weighted by Crippen LogP contribution is -2.38. The van der Waals surface area contributed by atoms with Gasteiger partial charge < -0.3 is 29.3 Å². The molecule has 38 heavy (non-hydrogen) atoms. The number of morpholine rings is 1. The molecule has 2 fully saturated rings. The maximum Gasteiger partial charge on any atom is 0.295 e. The number of hydrogen-bond acceptors (Lipinski definition) is 8. The Labute approximate surface area is 222 Å². The quantitative estimate of drug-likeness (QED) is 0.200. The number of ether oxygens (including phenoxy) is 3. The molecule has 0 bridgehead atoms. The van der Waals surface area contributed by atoms with Crippen molar-refractivity contribution >= 4 is 17.4 Å². The predicted molar refractivity (Wildman–Crippen MR) is 142 cm³/mol. The molecule has 0 spiro atoms. The summed E-state index contributed by atoms with van der Waals surface area (Å²) in [5.74, 6) is -0.915. The van der Waals surface area contributed by atoms with Crippen LogP contribution in [0, 0.1) is 0 Å². The molecular weight excluding hydrogens is 488 g/mol. The number of benzene rings is 2. The second-order valence-corrected chi connectivity index (χ2v) is 9.08.